The predicted octanol–water partition coefficient (Wildman–Crippen LogP) is 1.65. The van der Waals surface area contributed by atoms with Crippen LogP contribution in [-0.2, 0) is 23.2 Å². The number of nitrogens with zero attached hydrogens (tertiary/aromatic N) is 1. The number of aliphatic hydroxyl groups excluding tert-OH is 1. The van der Waals surface area contributed by atoms with Crippen LogP contribution in [0.15, 0.2) is 39.4 Å². The van der Waals surface area contributed by atoms with Gasteiger partial charge in [0.1, 0.15) is 4.21 Å². The standard InChI is InChI=1S/C11H13NO4S2/c1-12(6-9-4-5-16-8-9)18(14,15)11-3-2-10(7-13)17-11/h2-5,8,13H,6-7H2,1H3. The largest absolute Gasteiger partial charge is 0.472 e. The summed E-state index contributed by atoms with van der Waals surface area (Å²) in [6, 6.07) is 4.85. The average molecular weight is 287 g/mol. The van der Waals surface area contributed by atoms with E-state index in [4.69, 9.17) is 9.52 Å². The molecule has 0 radical (unpaired) electrons. The van der Waals surface area contributed by atoms with Gasteiger partial charge in [0, 0.05) is 24.0 Å². The highest BCUT2D eigenvalue weighted by atomic mass is 32.2. The number of aliphatic hydroxyl groups is 1. The van der Waals surface area contributed by atoms with Crippen LogP contribution in [0.25, 0.3) is 0 Å². The molecule has 0 amide bonds. The van der Waals surface area contributed by atoms with Crippen molar-refractivity contribution >= 4 is 21.4 Å². The average Bonchev–Trinajstić information content (AvgIpc) is 2.99. The second-order valence-corrected chi connectivity index (χ2v) is 7.21. The summed E-state index contributed by atoms with van der Waals surface area (Å²) in [5.74, 6) is 0. The van der Waals surface area contributed by atoms with Gasteiger partial charge in [-0.2, -0.15) is 4.31 Å². The van der Waals surface area contributed by atoms with E-state index in [1.165, 1.54) is 29.9 Å². The third-order valence-corrected chi connectivity index (χ3v) is 5.78. The fourth-order valence-electron chi connectivity index (χ4n) is 1.46. The van der Waals surface area contributed by atoms with E-state index in [1.807, 2.05) is 0 Å². The van der Waals surface area contributed by atoms with Gasteiger partial charge in [-0.25, -0.2) is 8.42 Å². The van der Waals surface area contributed by atoms with Crippen molar-refractivity contribution in [2.75, 3.05) is 7.05 Å². The molecule has 7 heteroatoms. The summed E-state index contributed by atoms with van der Waals surface area (Å²) in [7, 11) is -1.99. The minimum Gasteiger partial charge on any atom is -0.472 e. The Kier molecular flexibility index (Phi) is 3.86. The first-order valence-corrected chi connectivity index (χ1v) is 7.46. The highest BCUT2D eigenvalue weighted by Gasteiger charge is 2.23. The molecule has 2 heterocycles. The zero-order valence-electron chi connectivity index (χ0n) is 9.74. The van der Waals surface area contributed by atoms with Crippen molar-refractivity contribution in [1.82, 2.24) is 4.31 Å². The molecule has 2 rings (SSSR count). The summed E-state index contributed by atoms with van der Waals surface area (Å²) in [5.41, 5.74) is 0.792. The van der Waals surface area contributed by atoms with Gasteiger partial charge in [-0.3, -0.25) is 0 Å². The van der Waals surface area contributed by atoms with Crippen LogP contribution in [-0.4, -0.2) is 24.9 Å². The zero-order chi connectivity index (χ0) is 13.2. The van der Waals surface area contributed by atoms with Gasteiger partial charge in [-0.15, -0.1) is 11.3 Å². The molecule has 5 nitrogen and oxygen atoms in total. The Morgan fingerprint density at radius 1 is 1.39 bits per heavy atom. The van der Waals surface area contributed by atoms with Crippen molar-refractivity contribution in [1.29, 1.82) is 0 Å². The molecule has 1 N–H and O–H groups in total. The number of hydrogen-bond donors (Lipinski definition) is 1. The van der Waals surface area contributed by atoms with Crippen molar-refractivity contribution in [3.63, 3.8) is 0 Å². The van der Waals surface area contributed by atoms with Crippen LogP contribution in [0.5, 0.6) is 0 Å². The van der Waals surface area contributed by atoms with E-state index >= 15 is 0 Å². The van der Waals surface area contributed by atoms with Crippen LogP contribution in [0, 0.1) is 0 Å². The highest BCUT2D eigenvalue weighted by molar-refractivity contribution is 7.91. The first kappa shape index (κ1) is 13.3. The van der Waals surface area contributed by atoms with Gasteiger partial charge < -0.3 is 9.52 Å². The molecule has 2 aromatic heterocycles. The maximum absolute atomic E-state index is 12.2. The number of hydrogen-bond acceptors (Lipinski definition) is 5. The van der Waals surface area contributed by atoms with E-state index in [-0.39, 0.29) is 17.4 Å². The Morgan fingerprint density at radius 3 is 2.72 bits per heavy atom. The molecule has 0 bridgehead atoms. The predicted molar refractivity (Wildman–Crippen MR) is 67.6 cm³/mol. The fraction of sp³-hybridized carbons (Fsp3) is 0.273. The number of thiophene rings is 1. The topological polar surface area (TPSA) is 70.8 Å². The van der Waals surface area contributed by atoms with Crippen molar-refractivity contribution in [3.8, 4) is 0 Å². The Labute approximate surface area is 109 Å². The first-order chi connectivity index (χ1) is 8.54. The maximum atomic E-state index is 12.2. The smallest absolute Gasteiger partial charge is 0.252 e. The minimum atomic E-state index is -3.51. The van der Waals surface area contributed by atoms with Crippen molar-refractivity contribution in [2.24, 2.45) is 0 Å². The van der Waals surface area contributed by atoms with Crippen LogP contribution < -0.4 is 0 Å². The summed E-state index contributed by atoms with van der Waals surface area (Å²) in [5, 5.41) is 8.95. The van der Waals surface area contributed by atoms with Gasteiger partial charge in [-0.05, 0) is 18.2 Å². The molecule has 18 heavy (non-hydrogen) atoms. The zero-order valence-corrected chi connectivity index (χ0v) is 11.4. The monoisotopic (exact) mass is 287 g/mol. The van der Waals surface area contributed by atoms with E-state index in [2.05, 4.69) is 0 Å². The molecule has 0 aliphatic heterocycles. The minimum absolute atomic E-state index is 0.147. The molecule has 0 aliphatic carbocycles. The van der Waals surface area contributed by atoms with Gasteiger partial charge in [-0.1, -0.05) is 0 Å². The third-order valence-electron chi connectivity index (χ3n) is 2.44. The van der Waals surface area contributed by atoms with Gasteiger partial charge in [0.05, 0.1) is 19.1 Å². The summed E-state index contributed by atoms with van der Waals surface area (Å²) in [6.45, 7) is 0.108. The molecule has 0 saturated heterocycles. The SMILES string of the molecule is CN(Cc1ccoc1)S(=O)(=O)c1ccc(CO)s1. The van der Waals surface area contributed by atoms with Crippen LogP contribution in [0.3, 0.4) is 0 Å². The Bertz CT molecular complexity index is 601. The molecular formula is C11H13NO4S2. The summed E-state index contributed by atoms with van der Waals surface area (Å²) >= 11 is 1.08. The van der Waals surface area contributed by atoms with Gasteiger partial charge >= 0.3 is 0 Å². The molecule has 2 aromatic rings. The van der Waals surface area contributed by atoms with Crippen molar-refractivity contribution in [3.05, 3.63) is 41.2 Å². The summed E-state index contributed by atoms with van der Waals surface area (Å²) in [4.78, 5) is 0.630. The number of rotatable bonds is 5. The van der Waals surface area contributed by atoms with Crippen molar-refractivity contribution < 1.29 is 17.9 Å². The fourth-order valence-corrected chi connectivity index (χ4v) is 4.05. The van der Waals surface area contributed by atoms with Gasteiger partial charge in [0.2, 0.25) is 0 Å². The number of furan rings is 1. The quantitative estimate of drug-likeness (QED) is 0.907. The molecule has 0 aromatic carbocycles. The lowest BCUT2D eigenvalue weighted by Crippen LogP contribution is -2.25. The van der Waals surface area contributed by atoms with E-state index in [9.17, 15) is 8.42 Å². The van der Waals surface area contributed by atoms with E-state index < -0.39 is 10.0 Å². The van der Waals surface area contributed by atoms with Gasteiger partial charge in [0.25, 0.3) is 10.0 Å². The molecule has 0 fully saturated rings. The lowest BCUT2D eigenvalue weighted by Gasteiger charge is -2.14. The normalized spacial score (nSPS) is 12.2. The molecule has 0 aliphatic rings. The van der Waals surface area contributed by atoms with E-state index in [0.29, 0.717) is 4.88 Å². The Morgan fingerprint density at radius 2 is 2.17 bits per heavy atom. The number of sulfonamides is 1. The van der Waals surface area contributed by atoms with Gasteiger partial charge in [0.15, 0.2) is 0 Å². The Hall–Kier alpha value is -1.15. The molecule has 0 atom stereocenters. The maximum Gasteiger partial charge on any atom is 0.252 e. The summed E-state index contributed by atoms with van der Waals surface area (Å²) in [6.07, 6.45) is 3.02. The molecule has 0 spiro atoms. The molecule has 98 valence electrons. The lowest BCUT2D eigenvalue weighted by atomic mass is 10.3. The van der Waals surface area contributed by atoms with Crippen LogP contribution >= 0.6 is 11.3 Å². The van der Waals surface area contributed by atoms with E-state index in [1.54, 1.807) is 12.1 Å². The first-order valence-electron chi connectivity index (χ1n) is 5.21. The third kappa shape index (κ3) is 2.64. The Balaban J connectivity index is 2.19. The van der Waals surface area contributed by atoms with Crippen molar-refractivity contribution in [2.45, 2.75) is 17.4 Å². The second kappa shape index (κ2) is 5.23. The highest BCUT2D eigenvalue weighted by Crippen LogP contribution is 2.25. The lowest BCUT2D eigenvalue weighted by molar-refractivity contribution is 0.285. The van der Waals surface area contributed by atoms with Crippen LogP contribution in [0.4, 0.5) is 0 Å². The van der Waals surface area contributed by atoms with Crippen LogP contribution in [0.2, 0.25) is 0 Å². The molecular weight excluding hydrogens is 274 g/mol. The van der Waals surface area contributed by atoms with E-state index in [0.717, 1.165) is 16.9 Å². The second-order valence-electron chi connectivity index (χ2n) is 3.77. The summed E-state index contributed by atoms with van der Waals surface area (Å²) < 4.78 is 30.8. The molecule has 0 unspecified atom stereocenters. The van der Waals surface area contributed by atoms with Crippen LogP contribution in [0.1, 0.15) is 10.4 Å². The molecule has 0 saturated carbocycles.